The summed E-state index contributed by atoms with van der Waals surface area (Å²) in [6.07, 6.45) is 5.68. The van der Waals surface area contributed by atoms with Gasteiger partial charge >= 0.3 is 0 Å². The molecule has 0 aromatic rings. The SMILES string of the molecule is CCCCCCN1CC(N)C(OC2CCN(C)CC2)C(F)C1. The van der Waals surface area contributed by atoms with Crippen LogP contribution >= 0.6 is 0 Å². The lowest BCUT2D eigenvalue weighted by molar-refractivity contribution is -0.106. The van der Waals surface area contributed by atoms with Crippen LogP contribution in [0.2, 0.25) is 0 Å². The molecule has 2 aliphatic heterocycles. The molecule has 0 aromatic carbocycles. The number of likely N-dealkylation sites (tertiary alicyclic amines) is 2. The summed E-state index contributed by atoms with van der Waals surface area (Å²) in [5.74, 6) is 0. The van der Waals surface area contributed by atoms with Gasteiger partial charge in [-0.15, -0.1) is 0 Å². The van der Waals surface area contributed by atoms with Crippen molar-refractivity contribution in [2.75, 3.05) is 39.8 Å². The van der Waals surface area contributed by atoms with E-state index in [-0.39, 0.29) is 12.1 Å². The molecule has 5 heteroatoms. The Morgan fingerprint density at radius 2 is 1.86 bits per heavy atom. The van der Waals surface area contributed by atoms with Gasteiger partial charge in [0, 0.05) is 32.2 Å². The topological polar surface area (TPSA) is 41.7 Å². The van der Waals surface area contributed by atoms with Crippen LogP contribution in [-0.4, -0.2) is 74.0 Å². The molecule has 2 aliphatic rings. The van der Waals surface area contributed by atoms with Crippen molar-refractivity contribution in [3.05, 3.63) is 0 Å². The van der Waals surface area contributed by atoms with Gasteiger partial charge in [0.25, 0.3) is 0 Å². The average Bonchev–Trinajstić information content (AvgIpc) is 2.49. The van der Waals surface area contributed by atoms with E-state index in [1.807, 2.05) is 0 Å². The van der Waals surface area contributed by atoms with Crippen LogP contribution in [0.3, 0.4) is 0 Å². The summed E-state index contributed by atoms with van der Waals surface area (Å²) in [5, 5.41) is 0. The number of halogens is 1. The van der Waals surface area contributed by atoms with Gasteiger partial charge in [-0.2, -0.15) is 0 Å². The minimum Gasteiger partial charge on any atom is -0.370 e. The lowest BCUT2D eigenvalue weighted by atomic mass is 9.99. The monoisotopic (exact) mass is 315 g/mol. The Morgan fingerprint density at radius 1 is 1.14 bits per heavy atom. The molecule has 130 valence electrons. The molecule has 3 atom stereocenters. The predicted molar refractivity (Wildman–Crippen MR) is 88.8 cm³/mol. The molecule has 2 fully saturated rings. The zero-order chi connectivity index (χ0) is 15.9. The number of rotatable bonds is 7. The van der Waals surface area contributed by atoms with Crippen molar-refractivity contribution in [2.45, 2.75) is 69.9 Å². The van der Waals surface area contributed by atoms with E-state index >= 15 is 0 Å². The summed E-state index contributed by atoms with van der Waals surface area (Å²) in [7, 11) is 2.12. The second-order valence-electron chi connectivity index (χ2n) is 7.10. The summed E-state index contributed by atoms with van der Waals surface area (Å²) in [6.45, 7) is 6.50. The molecular formula is C17H34FN3O. The quantitative estimate of drug-likeness (QED) is 0.730. The fraction of sp³-hybridized carbons (Fsp3) is 1.00. The predicted octanol–water partition coefficient (Wildman–Crippen LogP) is 2.03. The molecule has 2 rings (SSSR count). The third kappa shape index (κ3) is 5.44. The standard InChI is InChI=1S/C17H34FN3O/c1-3-4-5-6-9-21-12-15(18)17(16(19)13-21)22-14-7-10-20(2)11-8-14/h14-17H,3-13,19H2,1-2H3. The van der Waals surface area contributed by atoms with Crippen LogP contribution < -0.4 is 5.73 Å². The maximum Gasteiger partial charge on any atom is 0.140 e. The first-order valence-corrected chi connectivity index (χ1v) is 9.06. The highest BCUT2D eigenvalue weighted by Crippen LogP contribution is 2.22. The lowest BCUT2D eigenvalue weighted by Crippen LogP contribution is -2.59. The van der Waals surface area contributed by atoms with E-state index in [1.54, 1.807) is 0 Å². The van der Waals surface area contributed by atoms with Crippen molar-refractivity contribution < 1.29 is 9.13 Å². The maximum atomic E-state index is 14.5. The Kier molecular flexibility index (Phi) is 7.54. The molecule has 0 aliphatic carbocycles. The number of ether oxygens (including phenoxy) is 1. The molecule has 22 heavy (non-hydrogen) atoms. The average molecular weight is 315 g/mol. The van der Waals surface area contributed by atoms with Gasteiger partial charge in [-0.25, -0.2) is 4.39 Å². The van der Waals surface area contributed by atoms with E-state index < -0.39 is 12.3 Å². The van der Waals surface area contributed by atoms with Crippen LogP contribution in [0.15, 0.2) is 0 Å². The van der Waals surface area contributed by atoms with Crippen molar-refractivity contribution in [3.8, 4) is 0 Å². The number of nitrogens with zero attached hydrogens (tertiary/aromatic N) is 2. The number of piperidine rings is 2. The van der Waals surface area contributed by atoms with Gasteiger partial charge in [0.1, 0.15) is 12.3 Å². The van der Waals surface area contributed by atoms with Gasteiger partial charge in [-0.1, -0.05) is 26.2 Å². The van der Waals surface area contributed by atoms with E-state index in [1.165, 1.54) is 19.3 Å². The second-order valence-corrected chi connectivity index (χ2v) is 7.10. The minimum atomic E-state index is -0.949. The second kappa shape index (κ2) is 9.16. The summed E-state index contributed by atoms with van der Waals surface area (Å²) in [6, 6.07) is -0.199. The molecule has 2 heterocycles. The van der Waals surface area contributed by atoms with Gasteiger partial charge < -0.3 is 15.4 Å². The maximum absolute atomic E-state index is 14.5. The van der Waals surface area contributed by atoms with E-state index in [0.717, 1.165) is 45.4 Å². The zero-order valence-electron chi connectivity index (χ0n) is 14.3. The molecule has 3 unspecified atom stereocenters. The van der Waals surface area contributed by atoms with Crippen LogP contribution in [0, 0.1) is 0 Å². The first-order chi connectivity index (χ1) is 10.6. The highest BCUT2D eigenvalue weighted by atomic mass is 19.1. The van der Waals surface area contributed by atoms with E-state index in [2.05, 4.69) is 23.8 Å². The molecule has 0 spiro atoms. The van der Waals surface area contributed by atoms with Crippen LogP contribution in [0.5, 0.6) is 0 Å². The van der Waals surface area contributed by atoms with Crippen molar-refractivity contribution in [1.82, 2.24) is 9.80 Å². The molecule has 0 amide bonds. The third-order valence-electron chi connectivity index (χ3n) is 5.02. The number of nitrogens with two attached hydrogens (primary N) is 1. The fourth-order valence-corrected chi connectivity index (χ4v) is 3.57. The Morgan fingerprint density at radius 3 is 2.50 bits per heavy atom. The van der Waals surface area contributed by atoms with E-state index in [9.17, 15) is 4.39 Å². The number of unbranched alkanes of at least 4 members (excludes halogenated alkanes) is 3. The van der Waals surface area contributed by atoms with Crippen molar-refractivity contribution in [3.63, 3.8) is 0 Å². The summed E-state index contributed by atoms with van der Waals surface area (Å²) >= 11 is 0. The molecule has 2 N–H and O–H groups in total. The Hall–Kier alpha value is -0.230. The molecular weight excluding hydrogens is 281 g/mol. The number of hydrogen-bond acceptors (Lipinski definition) is 4. The first kappa shape index (κ1) is 18.1. The summed E-state index contributed by atoms with van der Waals surface area (Å²) < 4.78 is 20.5. The highest BCUT2D eigenvalue weighted by Gasteiger charge is 2.37. The van der Waals surface area contributed by atoms with Crippen LogP contribution in [0.25, 0.3) is 0 Å². The molecule has 0 saturated carbocycles. The summed E-state index contributed by atoms with van der Waals surface area (Å²) in [5.41, 5.74) is 6.22. The van der Waals surface area contributed by atoms with Crippen molar-refractivity contribution in [1.29, 1.82) is 0 Å². The normalized spacial score (nSPS) is 32.5. The van der Waals surface area contributed by atoms with Gasteiger partial charge in [0.15, 0.2) is 0 Å². The molecule has 0 bridgehead atoms. The smallest absolute Gasteiger partial charge is 0.140 e. The van der Waals surface area contributed by atoms with Crippen LogP contribution in [0.1, 0.15) is 45.4 Å². The van der Waals surface area contributed by atoms with Crippen molar-refractivity contribution in [2.24, 2.45) is 5.73 Å². The van der Waals surface area contributed by atoms with Gasteiger partial charge in [0.05, 0.1) is 6.10 Å². The van der Waals surface area contributed by atoms with Gasteiger partial charge in [0.2, 0.25) is 0 Å². The largest absolute Gasteiger partial charge is 0.370 e. The van der Waals surface area contributed by atoms with Crippen LogP contribution in [0.4, 0.5) is 4.39 Å². The van der Waals surface area contributed by atoms with E-state index in [0.29, 0.717) is 6.54 Å². The number of hydrogen-bond donors (Lipinski definition) is 1. The number of alkyl halides is 1. The van der Waals surface area contributed by atoms with Crippen molar-refractivity contribution >= 4 is 0 Å². The van der Waals surface area contributed by atoms with Crippen LogP contribution in [-0.2, 0) is 4.74 Å². The van der Waals surface area contributed by atoms with Gasteiger partial charge in [-0.3, -0.25) is 4.90 Å². The first-order valence-electron chi connectivity index (χ1n) is 9.06. The summed E-state index contributed by atoms with van der Waals surface area (Å²) in [4.78, 5) is 4.48. The Labute approximate surface area is 135 Å². The zero-order valence-corrected chi connectivity index (χ0v) is 14.3. The third-order valence-corrected chi connectivity index (χ3v) is 5.02. The molecule has 2 saturated heterocycles. The Bertz CT molecular complexity index is 298. The lowest BCUT2D eigenvalue weighted by Gasteiger charge is -2.41. The Balaban J connectivity index is 1.73. The van der Waals surface area contributed by atoms with E-state index in [4.69, 9.17) is 10.5 Å². The van der Waals surface area contributed by atoms with Gasteiger partial charge in [-0.05, 0) is 32.9 Å². The molecule has 0 aromatic heterocycles. The minimum absolute atomic E-state index is 0.182. The molecule has 4 nitrogen and oxygen atoms in total. The molecule has 0 radical (unpaired) electrons. The highest BCUT2D eigenvalue weighted by molar-refractivity contribution is 4.91. The fourth-order valence-electron chi connectivity index (χ4n) is 3.57.